The van der Waals surface area contributed by atoms with E-state index >= 15 is 0 Å². The molecule has 0 unspecified atom stereocenters. The van der Waals surface area contributed by atoms with Gasteiger partial charge in [0, 0.05) is 44.4 Å². The van der Waals surface area contributed by atoms with E-state index in [1.807, 2.05) is 54.7 Å². The SMILES string of the molecule is c1ccc2c(c1)ccc1oc3ncc(N(c4ccc5c(c4)oc4ccccc45)c4ccc5oc6ccccc6c5c4)cc3c12. The largest absolute Gasteiger partial charge is 0.456 e. The van der Waals surface area contributed by atoms with E-state index < -0.39 is 0 Å². The van der Waals surface area contributed by atoms with E-state index in [1.54, 1.807) is 0 Å². The zero-order valence-electron chi connectivity index (χ0n) is 23.3. The minimum Gasteiger partial charge on any atom is -0.456 e. The van der Waals surface area contributed by atoms with E-state index in [0.717, 1.165) is 88.1 Å². The van der Waals surface area contributed by atoms with Crippen molar-refractivity contribution in [3.05, 3.63) is 134 Å². The molecule has 0 saturated heterocycles. The van der Waals surface area contributed by atoms with Crippen molar-refractivity contribution in [3.63, 3.8) is 0 Å². The Morgan fingerprint density at radius 3 is 1.89 bits per heavy atom. The normalized spacial score (nSPS) is 12.1. The summed E-state index contributed by atoms with van der Waals surface area (Å²) in [5.41, 5.74) is 7.72. The monoisotopic (exact) mass is 566 g/mol. The first-order valence-corrected chi connectivity index (χ1v) is 14.6. The van der Waals surface area contributed by atoms with Crippen LogP contribution in [0, 0.1) is 0 Å². The third-order valence-corrected chi connectivity index (χ3v) is 8.70. The predicted molar refractivity (Wildman–Crippen MR) is 178 cm³/mol. The number of fused-ring (bicyclic) bond motifs is 11. The Hall–Kier alpha value is -6.07. The van der Waals surface area contributed by atoms with Crippen LogP contribution in [0.4, 0.5) is 17.1 Å². The second kappa shape index (κ2) is 8.72. The van der Waals surface area contributed by atoms with Crippen molar-refractivity contribution in [2.24, 2.45) is 0 Å². The van der Waals surface area contributed by atoms with Crippen molar-refractivity contribution in [3.8, 4) is 0 Å². The summed E-state index contributed by atoms with van der Waals surface area (Å²) in [5, 5.41) is 8.67. The molecule has 0 aliphatic heterocycles. The molecule has 4 aromatic heterocycles. The Balaban J connectivity index is 1.25. The van der Waals surface area contributed by atoms with Gasteiger partial charge in [0.1, 0.15) is 27.9 Å². The molecule has 0 aliphatic carbocycles. The number of para-hydroxylation sites is 2. The van der Waals surface area contributed by atoms with E-state index in [2.05, 4.69) is 83.8 Å². The fourth-order valence-corrected chi connectivity index (χ4v) is 6.70. The summed E-state index contributed by atoms with van der Waals surface area (Å²) in [7, 11) is 0. The summed E-state index contributed by atoms with van der Waals surface area (Å²) in [5.74, 6) is 0. The third kappa shape index (κ3) is 3.32. The Labute approximate surface area is 250 Å². The summed E-state index contributed by atoms with van der Waals surface area (Å²) >= 11 is 0. The molecule has 0 spiro atoms. The van der Waals surface area contributed by atoms with Crippen LogP contribution in [0.25, 0.3) is 76.7 Å². The predicted octanol–water partition coefficient (Wildman–Crippen LogP) is 11.4. The van der Waals surface area contributed by atoms with E-state index in [4.69, 9.17) is 18.2 Å². The zero-order valence-corrected chi connectivity index (χ0v) is 23.3. The van der Waals surface area contributed by atoms with Gasteiger partial charge in [-0.3, -0.25) is 0 Å². The zero-order chi connectivity index (χ0) is 28.8. The van der Waals surface area contributed by atoms with Crippen LogP contribution in [-0.4, -0.2) is 4.98 Å². The molecule has 0 N–H and O–H groups in total. The molecule has 0 radical (unpaired) electrons. The average Bonchev–Trinajstić information content (AvgIpc) is 3.75. The molecule has 6 aromatic carbocycles. The van der Waals surface area contributed by atoms with Gasteiger partial charge in [0.25, 0.3) is 0 Å². The number of anilines is 3. The van der Waals surface area contributed by atoms with E-state index in [1.165, 1.54) is 0 Å². The highest BCUT2D eigenvalue weighted by molar-refractivity contribution is 6.19. The highest BCUT2D eigenvalue weighted by Gasteiger charge is 2.20. The van der Waals surface area contributed by atoms with Gasteiger partial charge in [-0.2, -0.15) is 0 Å². The molecule has 0 saturated carbocycles. The number of aromatic nitrogens is 1. The van der Waals surface area contributed by atoms with E-state index in [-0.39, 0.29) is 0 Å². The van der Waals surface area contributed by atoms with Crippen LogP contribution in [0.1, 0.15) is 0 Å². The van der Waals surface area contributed by atoms with Gasteiger partial charge >= 0.3 is 0 Å². The van der Waals surface area contributed by atoms with Crippen LogP contribution in [0.15, 0.2) is 147 Å². The fraction of sp³-hybridized carbons (Fsp3) is 0. The van der Waals surface area contributed by atoms with Crippen LogP contribution >= 0.6 is 0 Å². The molecule has 44 heavy (non-hydrogen) atoms. The highest BCUT2D eigenvalue weighted by atomic mass is 16.3. The first-order valence-electron chi connectivity index (χ1n) is 14.6. The molecule has 5 nitrogen and oxygen atoms in total. The molecule has 10 rings (SSSR count). The minimum absolute atomic E-state index is 0.615. The Kier molecular flexibility index (Phi) is 4.66. The Bertz CT molecular complexity index is 2750. The molecule has 4 heterocycles. The molecule has 0 bridgehead atoms. The van der Waals surface area contributed by atoms with Gasteiger partial charge in [-0.15, -0.1) is 0 Å². The standard InChI is InChI=1S/C39H22N2O3/c1-2-8-27-23(7-1)13-17-36-38(27)32-20-26(22-40-39(32)44-36)41(24-15-18-35-31(19-24)29-10-4-6-12-34(29)42-35)25-14-16-30-28-9-3-5-11-33(28)43-37(30)21-25/h1-22H. The van der Waals surface area contributed by atoms with Crippen molar-refractivity contribution < 1.29 is 13.3 Å². The van der Waals surface area contributed by atoms with E-state index in [9.17, 15) is 0 Å². The Morgan fingerprint density at radius 1 is 0.409 bits per heavy atom. The number of pyridine rings is 1. The number of nitrogens with zero attached hydrogens (tertiary/aromatic N) is 2. The van der Waals surface area contributed by atoms with Crippen molar-refractivity contribution in [1.29, 1.82) is 0 Å². The molecule has 0 fully saturated rings. The fourth-order valence-electron chi connectivity index (χ4n) is 6.70. The second-order valence-corrected chi connectivity index (χ2v) is 11.2. The van der Waals surface area contributed by atoms with Crippen molar-refractivity contribution in [2.75, 3.05) is 4.90 Å². The molecule has 5 heteroatoms. The smallest absolute Gasteiger partial charge is 0.227 e. The lowest BCUT2D eigenvalue weighted by atomic mass is 10.0. The van der Waals surface area contributed by atoms with Gasteiger partial charge in [-0.05, 0) is 65.4 Å². The maximum absolute atomic E-state index is 6.32. The van der Waals surface area contributed by atoms with Gasteiger partial charge in [0.15, 0.2) is 0 Å². The molecular formula is C39H22N2O3. The lowest BCUT2D eigenvalue weighted by molar-refractivity contribution is 0.654. The highest BCUT2D eigenvalue weighted by Crippen LogP contribution is 2.43. The number of rotatable bonds is 3. The lowest BCUT2D eigenvalue weighted by Gasteiger charge is -2.25. The van der Waals surface area contributed by atoms with Gasteiger partial charge in [-0.25, -0.2) is 4.98 Å². The lowest BCUT2D eigenvalue weighted by Crippen LogP contribution is -2.10. The molecule has 0 aliphatic rings. The van der Waals surface area contributed by atoms with Gasteiger partial charge in [-0.1, -0.05) is 66.7 Å². The Morgan fingerprint density at radius 2 is 1.02 bits per heavy atom. The third-order valence-electron chi connectivity index (χ3n) is 8.70. The maximum atomic E-state index is 6.32. The van der Waals surface area contributed by atoms with Crippen LogP contribution in [0.2, 0.25) is 0 Å². The molecule has 10 aromatic rings. The summed E-state index contributed by atoms with van der Waals surface area (Å²) in [6.07, 6.45) is 1.88. The van der Waals surface area contributed by atoms with E-state index in [0.29, 0.717) is 5.71 Å². The molecule has 0 amide bonds. The van der Waals surface area contributed by atoms with Crippen LogP contribution in [0.5, 0.6) is 0 Å². The minimum atomic E-state index is 0.615. The molecule has 206 valence electrons. The first-order chi connectivity index (χ1) is 21.8. The topological polar surface area (TPSA) is 55.6 Å². The van der Waals surface area contributed by atoms with Gasteiger partial charge in [0.05, 0.1) is 17.3 Å². The number of benzene rings is 6. The van der Waals surface area contributed by atoms with Gasteiger partial charge < -0.3 is 18.2 Å². The van der Waals surface area contributed by atoms with Crippen molar-refractivity contribution in [2.45, 2.75) is 0 Å². The van der Waals surface area contributed by atoms with Crippen LogP contribution in [0.3, 0.4) is 0 Å². The van der Waals surface area contributed by atoms with Crippen LogP contribution in [-0.2, 0) is 0 Å². The first kappa shape index (κ1) is 23.5. The van der Waals surface area contributed by atoms with Gasteiger partial charge in [0.2, 0.25) is 5.71 Å². The number of hydrogen-bond acceptors (Lipinski definition) is 5. The summed E-state index contributed by atoms with van der Waals surface area (Å²) in [6, 6.07) is 43.8. The summed E-state index contributed by atoms with van der Waals surface area (Å²) < 4.78 is 18.7. The summed E-state index contributed by atoms with van der Waals surface area (Å²) in [4.78, 5) is 7.07. The quantitative estimate of drug-likeness (QED) is 0.213. The van der Waals surface area contributed by atoms with Crippen LogP contribution < -0.4 is 4.90 Å². The average molecular weight is 567 g/mol. The maximum Gasteiger partial charge on any atom is 0.227 e. The molecular weight excluding hydrogens is 544 g/mol. The second-order valence-electron chi connectivity index (χ2n) is 11.2. The van der Waals surface area contributed by atoms with Crippen molar-refractivity contribution in [1.82, 2.24) is 4.98 Å². The number of furan rings is 3. The van der Waals surface area contributed by atoms with Crippen molar-refractivity contribution >= 4 is 93.8 Å². The molecule has 0 atom stereocenters. The number of hydrogen-bond donors (Lipinski definition) is 0. The summed E-state index contributed by atoms with van der Waals surface area (Å²) in [6.45, 7) is 0.